The van der Waals surface area contributed by atoms with Crippen LogP contribution >= 0.6 is 0 Å². The molecule has 0 aliphatic carbocycles. The zero-order chi connectivity index (χ0) is 10.2. The van der Waals surface area contributed by atoms with Crippen LogP contribution in [0.25, 0.3) is 0 Å². The Balaban J connectivity index is 2.88. The largest absolute Gasteiger partial charge is 0.418 e. The van der Waals surface area contributed by atoms with E-state index in [1.807, 2.05) is 0 Å². The van der Waals surface area contributed by atoms with Crippen LogP contribution in [-0.4, -0.2) is 41.0 Å². The molecule has 1 aliphatic heterocycles. The fourth-order valence-corrected chi connectivity index (χ4v) is 1.15. The SMILES string of the molecule is N=C(N)N1CCN(C(=N)N)C1(F)F. The summed E-state index contributed by atoms with van der Waals surface area (Å²) in [4.78, 5) is 0.767. The summed E-state index contributed by atoms with van der Waals surface area (Å²) < 4.78 is 26.4. The second-order valence-corrected chi connectivity index (χ2v) is 2.58. The Hall–Kier alpha value is -1.60. The van der Waals surface area contributed by atoms with Gasteiger partial charge in [-0.3, -0.25) is 20.6 Å². The first kappa shape index (κ1) is 9.49. The monoisotopic (exact) mass is 192 g/mol. The predicted octanol–water partition coefficient (Wildman–Crippen LogP) is -1.06. The van der Waals surface area contributed by atoms with Crippen molar-refractivity contribution in [3.63, 3.8) is 0 Å². The Bertz CT molecular complexity index is 227. The van der Waals surface area contributed by atoms with Crippen molar-refractivity contribution in [1.82, 2.24) is 9.80 Å². The summed E-state index contributed by atoms with van der Waals surface area (Å²) in [5.74, 6) is -1.46. The highest BCUT2D eigenvalue weighted by Crippen LogP contribution is 2.28. The average Bonchev–Trinajstić information content (AvgIpc) is 2.24. The maximum atomic E-state index is 13.2. The lowest BCUT2D eigenvalue weighted by atomic mass is 10.6. The lowest BCUT2D eigenvalue weighted by Gasteiger charge is -2.28. The normalized spacial score (nSPS) is 20.5. The number of guanidine groups is 2. The molecule has 0 atom stereocenters. The Labute approximate surface area is 73.1 Å². The van der Waals surface area contributed by atoms with Crippen LogP contribution in [0.15, 0.2) is 0 Å². The third-order valence-electron chi connectivity index (χ3n) is 1.78. The van der Waals surface area contributed by atoms with Crippen LogP contribution in [0.3, 0.4) is 0 Å². The smallest absolute Gasteiger partial charge is 0.370 e. The van der Waals surface area contributed by atoms with Crippen LogP contribution < -0.4 is 11.5 Å². The second kappa shape index (κ2) is 2.71. The number of alkyl halides is 2. The highest BCUT2D eigenvalue weighted by molar-refractivity contribution is 5.79. The molecule has 74 valence electrons. The lowest BCUT2D eigenvalue weighted by molar-refractivity contribution is -0.159. The molecule has 13 heavy (non-hydrogen) atoms. The van der Waals surface area contributed by atoms with Gasteiger partial charge in [-0.25, -0.2) is 0 Å². The Kier molecular flexibility index (Phi) is 1.98. The van der Waals surface area contributed by atoms with Crippen LogP contribution in [-0.2, 0) is 0 Å². The summed E-state index contributed by atoms with van der Waals surface area (Å²) in [6.45, 7) is -0.218. The molecule has 8 heteroatoms. The van der Waals surface area contributed by atoms with E-state index in [0.717, 1.165) is 0 Å². The minimum atomic E-state index is -3.46. The molecule has 1 saturated heterocycles. The fraction of sp³-hybridized carbons (Fsp3) is 0.600. The van der Waals surface area contributed by atoms with E-state index in [1.165, 1.54) is 0 Å². The van der Waals surface area contributed by atoms with E-state index < -0.39 is 18.1 Å². The molecule has 1 rings (SSSR count). The van der Waals surface area contributed by atoms with Gasteiger partial charge in [0.1, 0.15) is 0 Å². The van der Waals surface area contributed by atoms with Gasteiger partial charge >= 0.3 is 6.17 Å². The van der Waals surface area contributed by atoms with E-state index >= 15 is 0 Å². The molecular formula is C5H10F2N6. The van der Waals surface area contributed by atoms with Crippen molar-refractivity contribution in [2.45, 2.75) is 6.17 Å². The third-order valence-corrected chi connectivity index (χ3v) is 1.78. The lowest BCUT2D eigenvalue weighted by Crippen LogP contribution is -2.54. The number of hydrogen-bond donors (Lipinski definition) is 4. The van der Waals surface area contributed by atoms with E-state index in [0.29, 0.717) is 9.80 Å². The average molecular weight is 192 g/mol. The second-order valence-electron chi connectivity index (χ2n) is 2.58. The number of nitrogens with one attached hydrogen (secondary N) is 2. The first-order valence-electron chi connectivity index (χ1n) is 3.48. The van der Waals surface area contributed by atoms with Crippen molar-refractivity contribution in [1.29, 1.82) is 10.8 Å². The summed E-state index contributed by atoms with van der Waals surface area (Å²) in [5.41, 5.74) is 9.85. The van der Waals surface area contributed by atoms with Crippen molar-refractivity contribution in [2.75, 3.05) is 13.1 Å². The zero-order valence-corrected chi connectivity index (χ0v) is 6.72. The first-order chi connectivity index (χ1) is 5.87. The predicted molar refractivity (Wildman–Crippen MR) is 42.2 cm³/mol. The summed E-state index contributed by atoms with van der Waals surface area (Å²) in [5, 5.41) is 13.7. The molecule has 0 bridgehead atoms. The topological polar surface area (TPSA) is 106 Å². The van der Waals surface area contributed by atoms with Gasteiger partial charge in [0, 0.05) is 13.1 Å². The first-order valence-corrected chi connectivity index (χ1v) is 3.48. The summed E-state index contributed by atoms with van der Waals surface area (Å²) in [7, 11) is 0. The number of nitrogens with zero attached hydrogens (tertiary/aromatic N) is 2. The molecule has 0 aromatic rings. The standard InChI is InChI=1S/C5H10F2N6/c6-5(7)12(3(8)9)1-2-13(5)4(10)11/h1-2H2,(H3,8,9)(H3,10,11). The molecule has 1 fully saturated rings. The highest BCUT2D eigenvalue weighted by atomic mass is 19.3. The molecule has 1 aliphatic rings. The highest BCUT2D eigenvalue weighted by Gasteiger charge is 2.50. The van der Waals surface area contributed by atoms with Gasteiger partial charge < -0.3 is 11.5 Å². The Morgan fingerprint density at radius 1 is 1.08 bits per heavy atom. The van der Waals surface area contributed by atoms with Crippen molar-refractivity contribution >= 4 is 11.9 Å². The van der Waals surface area contributed by atoms with E-state index in [2.05, 4.69) is 0 Å². The van der Waals surface area contributed by atoms with Gasteiger partial charge in [-0.05, 0) is 0 Å². The summed E-state index contributed by atoms with van der Waals surface area (Å²) in [6.07, 6.45) is -3.46. The molecule has 0 radical (unpaired) electrons. The molecule has 0 aromatic heterocycles. The quantitative estimate of drug-likeness (QED) is 0.223. The van der Waals surface area contributed by atoms with Gasteiger partial charge in [0.25, 0.3) is 0 Å². The number of hydrogen-bond acceptors (Lipinski definition) is 2. The number of halogens is 2. The van der Waals surface area contributed by atoms with Gasteiger partial charge in [0.05, 0.1) is 0 Å². The van der Waals surface area contributed by atoms with Gasteiger partial charge in [0.15, 0.2) is 11.9 Å². The number of nitrogens with two attached hydrogens (primary N) is 2. The van der Waals surface area contributed by atoms with E-state index in [9.17, 15) is 8.78 Å². The van der Waals surface area contributed by atoms with Crippen LogP contribution in [0.1, 0.15) is 0 Å². The van der Waals surface area contributed by atoms with Gasteiger partial charge in [-0.1, -0.05) is 0 Å². The van der Waals surface area contributed by atoms with Crippen LogP contribution in [0.2, 0.25) is 0 Å². The minimum absolute atomic E-state index is 0.109. The molecule has 1 heterocycles. The molecule has 6 nitrogen and oxygen atoms in total. The molecule has 0 spiro atoms. The number of rotatable bonds is 0. The van der Waals surface area contributed by atoms with Gasteiger partial charge in [-0.2, -0.15) is 8.78 Å². The van der Waals surface area contributed by atoms with Gasteiger partial charge in [-0.15, -0.1) is 0 Å². The molecule has 0 amide bonds. The molecule has 0 saturated carbocycles. The van der Waals surface area contributed by atoms with Crippen molar-refractivity contribution < 1.29 is 8.78 Å². The van der Waals surface area contributed by atoms with E-state index in [1.54, 1.807) is 0 Å². The third kappa shape index (κ3) is 1.34. The molecule has 0 aromatic carbocycles. The van der Waals surface area contributed by atoms with Crippen LogP contribution in [0.5, 0.6) is 0 Å². The van der Waals surface area contributed by atoms with Crippen molar-refractivity contribution in [2.24, 2.45) is 11.5 Å². The molecule has 0 unspecified atom stereocenters. The fourth-order valence-electron chi connectivity index (χ4n) is 1.15. The van der Waals surface area contributed by atoms with Crippen LogP contribution in [0, 0.1) is 10.8 Å². The maximum absolute atomic E-state index is 13.2. The Morgan fingerprint density at radius 2 is 1.38 bits per heavy atom. The maximum Gasteiger partial charge on any atom is 0.418 e. The van der Waals surface area contributed by atoms with E-state index in [4.69, 9.17) is 22.3 Å². The summed E-state index contributed by atoms with van der Waals surface area (Å²) >= 11 is 0. The summed E-state index contributed by atoms with van der Waals surface area (Å²) in [6, 6.07) is 0. The van der Waals surface area contributed by atoms with Crippen LogP contribution in [0.4, 0.5) is 8.78 Å². The molecular weight excluding hydrogens is 182 g/mol. The minimum Gasteiger partial charge on any atom is -0.370 e. The van der Waals surface area contributed by atoms with Crippen molar-refractivity contribution in [3.05, 3.63) is 0 Å². The van der Waals surface area contributed by atoms with E-state index in [-0.39, 0.29) is 13.1 Å². The zero-order valence-electron chi connectivity index (χ0n) is 6.72. The molecule has 6 N–H and O–H groups in total. The Morgan fingerprint density at radius 3 is 1.54 bits per heavy atom. The van der Waals surface area contributed by atoms with Crippen molar-refractivity contribution in [3.8, 4) is 0 Å². The van der Waals surface area contributed by atoms with Gasteiger partial charge in [0.2, 0.25) is 0 Å².